The maximum absolute atomic E-state index is 11.0. The Hall–Kier alpha value is -1.38. The van der Waals surface area contributed by atoms with Crippen LogP contribution in [-0.2, 0) is 12.8 Å². The predicted octanol–water partition coefficient (Wildman–Crippen LogP) is 1.31. The van der Waals surface area contributed by atoms with Crippen LogP contribution in [0.2, 0.25) is 0 Å². The Balaban J connectivity index is 3.27. The molecule has 0 saturated carbocycles. The third kappa shape index (κ3) is 1.86. The molecule has 0 spiro atoms. The van der Waals surface area contributed by atoms with Crippen molar-refractivity contribution in [2.75, 3.05) is 0 Å². The predicted molar refractivity (Wildman–Crippen MR) is 51.5 cm³/mol. The largest absolute Gasteiger partial charge is 0.366 e. The average molecular weight is 178 g/mol. The monoisotopic (exact) mass is 178 g/mol. The molecule has 0 bridgehead atoms. The fourth-order valence-electron chi connectivity index (χ4n) is 1.47. The van der Waals surface area contributed by atoms with Crippen molar-refractivity contribution < 1.29 is 4.79 Å². The van der Waals surface area contributed by atoms with Crippen molar-refractivity contribution in [2.45, 2.75) is 26.7 Å². The molecule has 1 amide bonds. The molecule has 0 aliphatic carbocycles. The zero-order valence-corrected chi connectivity index (χ0v) is 8.00. The molecule has 1 heterocycles. The number of nitrogens with zero attached hydrogens (tertiary/aromatic N) is 1. The summed E-state index contributed by atoms with van der Waals surface area (Å²) in [5.41, 5.74) is 7.93. The summed E-state index contributed by atoms with van der Waals surface area (Å²) in [6.45, 7) is 4.06. The van der Waals surface area contributed by atoms with Crippen LogP contribution in [0.3, 0.4) is 0 Å². The van der Waals surface area contributed by atoms with Gasteiger partial charge in [0.1, 0.15) is 0 Å². The first-order valence-electron chi connectivity index (χ1n) is 4.46. The lowest BCUT2D eigenvalue weighted by Gasteiger charge is -2.08. The number of hydrogen-bond acceptors (Lipinski definition) is 2. The van der Waals surface area contributed by atoms with Crippen LogP contribution in [0.5, 0.6) is 0 Å². The van der Waals surface area contributed by atoms with Crippen molar-refractivity contribution in [1.82, 2.24) is 4.98 Å². The van der Waals surface area contributed by atoms with Crippen molar-refractivity contribution in [3.05, 3.63) is 29.1 Å². The minimum Gasteiger partial charge on any atom is -0.366 e. The summed E-state index contributed by atoms with van der Waals surface area (Å²) in [5.74, 6) is -0.389. The molecule has 0 radical (unpaired) electrons. The van der Waals surface area contributed by atoms with Crippen LogP contribution >= 0.6 is 0 Å². The number of aryl methyl sites for hydroxylation is 1. The van der Waals surface area contributed by atoms with Crippen molar-refractivity contribution in [1.29, 1.82) is 0 Å². The summed E-state index contributed by atoms with van der Waals surface area (Å²) in [6, 6.07) is 0. The number of pyridine rings is 1. The molecule has 1 aromatic heterocycles. The highest BCUT2D eigenvalue weighted by molar-refractivity contribution is 5.94. The van der Waals surface area contributed by atoms with Crippen LogP contribution < -0.4 is 5.73 Å². The van der Waals surface area contributed by atoms with Gasteiger partial charge >= 0.3 is 0 Å². The lowest BCUT2D eigenvalue weighted by Crippen LogP contribution is -2.15. The zero-order chi connectivity index (χ0) is 9.84. The first kappa shape index (κ1) is 9.71. The van der Waals surface area contributed by atoms with E-state index in [0.717, 1.165) is 24.0 Å². The number of hydrogen-bond donors (Lipinski definition) is 1. The average Bonchev–Trinajstić information content (AvgIpc) is 2.16. The standard InChI is InChI=1S/C10H14N2O/c1-3-7-5-12-6-9(10(11)13)8(7)4-2/h5-6H,3-4H2,1-2H3,(H2,11,13). The van der Waals surface area contributed by atoms with Crippen LogP contribution in [0, 0.1) is 0 Å². The SMILES string of the molecule is CCc1cncc(C(N)=O)c1CC. The molecule has 0 aliphatic heterocycles. The highest BCUT2D eigenvalue weighted by Crippen LogP contribution is 2.14. The number of carbonyl (C=O) groups is 1. The molecule has 13 heavy (non-hydrogen) atoms. The fourth-order valence-corrected chi connectivity index (χ4v) is 1.47. The molecule has 3 heteroatoms. The van der Waals surface area contributed by atoms with Gasteiger partial charge in [-0.1, -0.05) is 13.8 Å². The van der Waals surface area contributed by atoms with Gasteiger partial charge in [0.25, 0.3) is 5.91 Å². The van der Waals surface area contributed by atoms with E-state index < -0.39 is 0 Å². The van der Waals surface area contributed by atoms with E-state index in [0.29, 0.717) is 5.56 Å². The summed E-state index contributed by atoms with van der Waals surface area (Å²) in [6.07, 6.45) is 5.05. The number of aromatic nitrogens is 1. The summed E-state index contributed by atoms with van der Waals surface area (Å²) in [5, 5.41) is 0. The molecule has 0 saturated heterocycles. The molecule has 1 aromatic rings. The Kier molecular flexibility index (Phi) is 3.01. The molecule has 0 unspecified atom stereocenters. The summed E-state index contributed by atoms with van der Waals surface area (Å²) in [4.78, 5) is 15.0. The second-order valence-electron chi connectivity index (χ2n) is 2.90. The summed E-state index contributed by atoms with van der Waals surface area (Å²) in [7, 11) is 0. The van der Waals surface area contributed by atoms with E-state index in [-0.39, 0.29) is 5.91 Å². The molecular weight excluding hydrogens is 164 g/mol. The van der Waals surface area contributed by atoms with E-state index in [4.69, 9.17) is 5.73 Å². The maximum Gasteiger partial charge on any atom is 0.250 e. The molecule has 0 aromatic carbocycles. The van der Waals surface area contributed by atoms with E-state index in [9.17, 15) is 4.79 Å². The first-order chi connectivity index (χ1) is 6.20. The lowest BCUT2D eigenvalue weighted by molar-refractivity contribution is 0.0999. The third-order valence-corrected chi connectivity index (χ3v) is 2.15. The highest BCUT2D eigenvalue weighted by atomic mass is 16.1. The van der Waals surface area contributed by atoms with E-state index in [1.807, 2.05) is 13.8 Å². The third-order valence-electron chi connectivity index (χ3n) is 2.15. The van der Waals surface area contributed by atoms with Gasteiger partial charge in [0.2, 0.25) is 0 Å². The Labute approximate surface area is 78.0 Å². The first-order valence-corrected chi connectivity index (χ1v) is 4.46. The molecule has 0 aliphatic rings. The number of rotatable bonds is 3. The normalized spacial score (nSPS) is 10.0. The molecule has 0 fully saturated rings. The number of primary amides is 1. The second kappa shape index (κ2) is 4.03. The van der Waals surface area contributed by atoms with Crippen molar-refractivity contribution in [3.8, 4) is 0 Å². The van der Waals surface area contributed by atoms with Gasteiger partial charge in [-0.2, -0.15) is 0 Å². The van der Waals surface area contributed by atoms with Gasteiger partial charge in [-0.3, -0.25) is 9.78 Å². The molecule has 1 rings (SSSR count). The van der Waals surface area contributed by atoms with E-state index in [1.54, 1.807) is 12.4 Å². The zero-order valence-electron chi connectivity index (χ0n) is 8.00. The minimum atomic E-state index is -0.389. The van der Waals surface area contributed by atoms with Gasteiger partial charge in [-0.25, -0.2) is 0 Å². The molecule has 2 N–H and O–H groups in total. The summed E-state index contributed by atoms with van der Waals surface area (Å²) < 4.78 is 0. The van der Waals surface area contributed by atoms with Crippen LogP contribution in [0.1, 0.15) is 35.3 Å². The van der Waals surface area contributed by atoms with Gasteiger partial charge in [0.05, 0.1) is 5.56 Å². The Morgan fingerprint density at radius 2 is 2.08 bits per heavy atom. The quantitative estimate of drug-likeness (QED) is 0.758. The lowest BCUT2D eigenvalue weighted by atomic mass is 10.0. The van der Waals surface area contributed by atoms with Gasteiger partial charge in [0.15, 0.2) is 0 Å². The smallest absolute Gasteiger partial charge is 0.250 e. The molecular formula is C10H14N2O. The molecule has 0 atom stereocenters. The Morgan fingerprint density at radius 1 is 1.38 bits per heavy atom. The van der Waals surface area contributed by atoms with Crippen LogP contribution in [-0.4, -0.2) is 10.9 Å². The second-order valence-corrected chi connectivity index (χ2v) is 2.90. The van der Waals surface area contributed by atoms with Crippen molar-refractivity contribution >= 4 is 5.91 Å². The van der Waals surface area contributed by atoms with Gasteiger partial charge in [-0.15, -0.1) is 0 Å². The van der Waals surface area contributed by atoms with Crippen molar-refractivity contribution in [3.63, 3.8) is 0 Å². The van der Waals surface area contributed by atoms with Crippen LogP contribution in [0.25, 0.3) is 0 Å². The Bertz CT molecular complexity index is 321. The molecule has 70 valence electrons. The number of amides is 1. The van der Waals surface area contributed by atoms with E-state index in [2.05, 4.69) is 4.98 Å². The Morgan fingerprint density at radius 3 is 2.54 bits per heavy atom. The minimum absolute atomic E-state index is 0.389. The van der Waals surface area contributed by atoms with Gasteiger partial charge in [-0.05, 0) is 24.0 Å². The van der Waals surface area contributed by atoms with Crippen molar-refractivity contribution in [2.24, 2.45) is 5.73 Å². The maximum atomic E-state index is 11.0. The van der Waals surface area contributed by atoms with E-state index in [1.165, 1.54) is 0 Å². The topological polar surface area (TPSA) is 56.0 Å². The summed E-state index contributed by atoms with van der Waals surface area (Å²) >= 11 is 0. The van der Waals surface area contributed by atoms with Crippen LogP contribution in [0.15, 0.2) is 12.4 Å². The highest BCUT2D eigenvalue weighted by Gasteiger charge is 2.09. The van der Waals surface area contributed by atoms with Gasteiger partial charge in [0, 0.05) is 12.4 Å². The number of carbonyl (C=O) groups excluding carboxylic acids is 1. The van der Waals surface area contributed by atoms with E-state index >= 15 is 0 Å². The number of nitrogens with two attached hydrogens (primary N) is 1. The fraction of sp³-hybridized carbons (Fsp3) is 0.400. The van der Waals surface area contributed by atoms with Crippen LogP contribution in [0.4, 0.5) is 0 Å². The van der Waals surface area contributed by atoms with Gasteiger partial charge < -0.3 is 5.73 Å². The molecule has 3 nitrogen and oxygen atoms in total.